The largest absolute Gasteiger partial charge is 0.376 e. The third-order valence-corrected chi connectivity index (χ3v) is 5.28. The molecule has 3 heterocycles. The molecule has 1 saturated carbocycles. The molecule has 4 aliphatic rings. The molecule has 5 unspecified atom stereocenters. The van der Waals surface area contributed by atoms with Gasteiger partial charge < -0.3 is 15.0 Å². The molecular weight excluding hydrogens is 212 g/mol. The van der Waals surface area contributed by atoms with E-state index in [1.165, 1.54) is 51.7 Å². The number of rotatable bonds is 3. The van der Waals surface area contributed by atoms with E-state index in [4.69, 9.17) is 4.74 Å². The number of hydrogen-bond acceptors (Lipinski definition) is 3. The minimum Gasteiger partial charge on any atom is -0.376 e. The lowest BCUT2D eigenvalue weighted by Crippen LogP contribution is -2.50. The van der Waals surface area contributed by atoms with E-state index in [0.29, 0.717) is 12.1 Å². The maximum Gasteiger partial charge on any atom is 0.0757 e. The Morgan fingerprint density at radius 1 is 0.882 bits per heavy atom. The summed E-state index contributed by atoms with van der Waals surface area (Å²) in [7, 11) is 0. The van der Waals surface area contributed by atoms with Crippen LogP contribution in [0.5, 0.6) is 0 Å². The van der Waals surface area contributed by atoms with E-state index < -0.39 is 0 Å². The van der Waals surface area contributed by atoms with Crippen LogP contribution in [0.25, 0.3) is 0 Å². The maximum atomic E-state index is 5.94. The second-order valence-corrected chi connectivity index (χ2v) is 6.48. The molecule has 4 fully saturated rings. The van der Waals surface area contributed by atoms with E-state index >= 15 is 0 Å². The van der Waals surface area contributed by atoms with Gasteiger partial charge in [0.05, 0.1) is 6.10 Å². The number of hydrogen-bond donors (Lipinski definition) is 1. The number of fused-ring (bicyclic) bond motifs is 2. The van der Waals surface area contributed by atoms with E-state index in [9.17, 15) is 0 Å². The highest BCUT2D eigenvalue weighted by Gasteiger charge is 2.43. The van der Waals surface area contributed by atoms with Gasteiger partial charge in [-0.2, -0.15) is 0 Å². The number of piperidine rings is 1. The molecule has 0 aromatic carbocycles. The number of nitrogens with zero attached hydrogens (tertiary/aromatic N) is 1. The third-order valence-electron chi connectivity index (χ3n) is 5.28. The Labute approximate surface area is 104 Å². The average molecular weight is 236 g/mol. The molecule has 4 rings (SSSR count). The Kier molecular flexibility index (Phi) is 2.67. The van der Waals surface area contributed by atoms with Gasteiger partial charge in [-0.05, 0) is 57.0 Å². The van der Waals surface area contributed by atoms with Gasteiger partial charge >= 0.3 is 0 Å². The molecule has 3 saturated heterocycles. The van der Waals surface area contributed by atoms with Crippen molar-refractivity contribution in [2.45, 2.75) is 50.3 Å². The van der Waals surface area contributed by atoms with Crippen LogP contribution in [0, 0.1) is 11.8 Å². The van der Waals surface area contributed by atoms with Crippen molar-refractivity contribution in [3.63, 3.8) is 0 Å². The minimum absolute atomic E-state index is 0.550. The third kappa shape index (κ3) is 2.02. The summed E-state index contributed by atoms with van der Waals surface area (Å²) in [6, 6.07) is 1.45. The summed E-state index contributed by atoms with van der Waals surface area (Å²) in [6.07, 6.45) is 7.39. The van der Waals surface area contributed by atoms with Crippen LogP contribution in [0.4, 0.5) is 0 Å². The van der Waals surface area contributed by atoms with E-state index in [1.54, 1.807) is 0 Å². The summed E-state index contributed by atoms with van der Waals surface area (Å²) in [5.41, 5.74) is 0. The van der Waals surface area contributed by atoms with Crippen molar-refractivity contribution < 1.29 is 4.74 Å². The van der Waals surface area contributed by atoms with Crippen LogP contribution >= 0.6 is 0 Å². The van der Waals surface area contributed by atoms with Gasteiger partial charge in [0, 0.05) is 25.2 Å². The highest BCUT2D eigenvalue weighted by atomic mass is 16.5. The fourth-order valence-corrected chi connectivity index (χ4v) is 4.12. The lowest BCUT2D eigenvalue weighted by molar-refractivity contribution is 0.0745. The molecule has 0 aromatic rings. The lowest BCUT2D eigenvalue weighted by atomic mass is 9.92. The van der Waals surface area contributed by atoms with Crippen LogP contribution < -0.4 is 5.32 Å². The monoisotopic (exact) mass is 236 g/mol. The molecule has 1 aliphatic carbocycles. The van der Waals surface area contributed by atoms with Crippen LogP contribution in [-0.4, -0.2) is 49.3 Å². The van der Waals surface area contributed by atoms with Gasteiger partial charge in [-0.1, -0.05) is 0 Å². The summed E-state index contributed by atoms with van der Waals surface area (Å²) in [5, 5.41) is 3.97. The summed E-state index contributed by atoms with van der Waals surface area (Å²) < 4.78 is 5.94. The van der Waals surface area contributed by atoms with Crippen LogP contribution in [0.15, 0.2) is 0 Å². The molecule has 96 valence electrons. The fourth-order valence-electron chi connectivity index (χ4n) is 4.12. The Balaban J connectivity index is 1.39. The number of ether oxygens (including phenoxy) is 1. The topological polar surface area (TPSA) is 24.5 Å². The molecule has 3 nitrogen and oxygen atoms in total. The highest BCUT2D eigenvalue weighted by molar-refractivity contribution is 4.98. The lowest BCUT2D eigenvalue weighted by Gasteiger charge is -2.34. The SMILES string of the molecule is C1CC(NC2CCN3CCC2C3)C(C2CC2)O1. The zero-order valence-electron chi connectivity index (χ0n) is 10.6. The zero-order valence-corrected chi connectivity index (χ0v) is 10.6. The van der Waals surface area contributed by atoms with Gasteiger partial charge in [-0.25, -0.2) is 0 Å². The van der Waals surface area contributed by atoms with Crippen LogP contribution in [0.2, 0.25) is 0 Å². The molecule has 2 bridgehead atoms. The Hall–Kier alpha value is -0.120. The van der Waals surface area contributed by atoms with Crippen LogP contribution in [0.1, 0.15) is 32.1 Å². The standard InChI is InChI=1S/C14H24N2O/c1-2-10(1)14-13(5-8-17-14)15-12-4-7-16-6-3-11(12)9-16/h10-15H,1-9H2. The first-order valence-corrected chi connectivity index (χ1v) is 7.50. The molecule has 3 aliphatic heterocycles. The summed E-state index contributed by atoms with van der Waals surface area (Å²) in [6.45, 7) is 4.99. The van der Waals surface area contributed by atoms with Crippen molar-refractivity contribution in [1.29, 1.82) is 0 Å². The van der Waals surface area contributed by atoms with E-state index in [-0.39, 0.29) is 0 Å². The second-order valence-electron chi connectivity index (χ2n) is 6.48. The van der Waals surface area contributed by atoms with Gasteiger partial charge in [0.25, 0.3) is 0 Å². The fraction of sp³-hybridized carbons (Fsp3) is 1.00. The zero-order chi connectivity index (χ0) is 11.2. The normalized spacial score (nSPS) is 49.8. The first kappa shape index (κ1) is 10.8. The maximum absolute atomic E-state index is 5.94. The highest BCUT2D eigenvalue weighted by Crippen LogP contribution is 2.39. The van der Waals surface area contributed by atoms with Crippen molar-refractivity contribution in [1.82, 2.24) is 10.2 Å². The molecule has 0 aromatic heterocycles. The van der Waals surface area contributed by atoms with Crippen LogP contribution in [0.3, 0.4) is 0 Å². The molecule has 0 amide bonds. The first-order valence-electron chi connectivity index (χ1n) is 7.50. The second kappa shape index (κ2) is 4.22. The van der Waals surface area contributed by atoms with Crippen molar-refractivity contribution in [3.8, 4) is 0 Å². The smallest absolute Gasteiger partial charge is 0.0757 e. The van der Waals surface area contributed by atoms with E-state index in [2.05, 4.69) is 10.2 Å². The number of nitrogens with one attached hydrogen (secondary N) is 1. The summed E-state index contributed by atoms with van der Waals surface area (Å²) in [5.74, 6) is 1.81. The summed E-state index contributed by atoms with van der Waals surface area (Å²) in [4.78, 5) is 2.63. The molecule has 0 spiro atoms. The molecule has 0 radical (unpaired) electrons. The molecule has 3 heteroatoms. The predicted octanol–water partition coefficient (Wildman–Crippen LogP) is 1.24. The van der Waals surface area contributed by atoms with Gasteiger partial charge in [0.15, 0.2) is 0 Å². The van der Waals surface area contributed by atoms with E-state index in [0.717, 1.165) is 24.5 Å². The molecule has 1 N–H and O–H groups in total. The predicted molar refractivity (Wildman–Crippen MR) is 67.0 cm³/mol. The summed E-state index contributed by atoms with van der Waals surface area (Å²) >= 11 is 0. The van der Waals surface area contributed by atoms with Crippen LogP contribution in [-0.2, 0) is 4.74 Å². The van der Waals surface area contributed by atoms with Gasteiger partial charge in [-0.3, -0.25) is 0 Å². The van der Waals surface area contributed by atoms with Gasteiger partial charge in [0.1, 0.15) is 0 Å². The van der Waals surface area contributed by atoms with Crippen molar-refractivity contribution in [3.05, 3.63) is 0 Å². The van der Waals surface area contributed by atoms with Gasteiger partial charge in [-0.15, -0.1) is 0 Å². The van der Waals surface area contributed by atoms with E-state index in [1.807, 2.05) is 0 Å². The minimum atomic E-state index is 0.550. The molecule has 5 atom stereocenters. The quantitative estimate of drug-likeness (QED) is 0.798. The Morgan fingerprint density at radius 3 is 2.65 bits per heavy atom. The van der Waals surface area contributed by atoms with Crippen molar-refractivity contribution in [2.75, 3.05) is 26.2 Å². The average Bonchev–Trinajstić information content (AvgIpc) is 2.96. The Bertz CT molecular complexity index is 292. The Morgan fingerprint density at radius 2 is 1.76 bits per heavy atom. The molecular formula is C14H24N2O. The van der Waals surface area contributed by atoms with Crippen molar-refractivity contribution >= 4 is 0 Å². The molecule has 17 heavy (non-hydrogen) atoms. The van der Waals surface area contributed by atoms with Gasteiger partial charge in [0.2, 0.25) is 0 Å². The van der Waals surface area contributed by atoms with Crippen molar-refractivity contribution in [2.24, 2.45) is 11.8 Å². The first-order chi connectivity index (χ1) is 8.40.